The van der Waals surface area contributed by atoms with Crippen LogP contribution in [0.2, 0.25) is 0 Å². The molecule has 1 aliphatic rings. The maximum Gasteiger partial charge on any atom is 0.262 e. The van der Waals surface area contributed by atoms with Crippen LogP contribution in [0.3, 0.4) is 0 Å². The third-order valence-corrected chi connectivity index (χ3v) is 4.10. The number of imide groups is 1. The molecule has 0 spiro atoms. The molecule has 1 N–H and O–H groups in total. The Bertz CT molecular complexity index is 862. The molecule has 6 nitrogen and oxygen atoms in total. The van der Waals surface area contributed by atoms with Crippen LogP contribution >= 0.6 is 0 Å². The van der Waals surface area contributed by atoms with Crippen molar-refractivity contribution >= 4 is 23.4 Å². The van der Waals surface area contributed by atoms with Crippen molar-refractivity contribution in [3.8, 4) is 6.07 Å². The molecule has 0 bridgehead atoms. The lowest BCUT2D eigenvalue weighted by Gasteiger charge is -2.21. The maximum absolute atomic E-state index is 12.4. The Balaban J connectivity index is 1.74. The second-order valence-corrected chi connectivity index (χ2v) is 5.72. The van der Waals surface area contributed by atoms with Gasteiger partial charge < -0.3 is 5.32 Å². The number of anilines is 1. The molecule has 3 rings (SSSR count). The van der Waals surface area contributed by atoms with Crippen LogP contribution in [0.1, 0.15) is 33.2 Å². The first-order chi connectivity index (χ1) is 12.0. The number of fused-ring (bicyclic) bond motifs is 1. The third-order valence-electron chi connectivity index (χ3n) is 4.10. The number of hydrogen-bond donors (Lipinski definition) is 1. The number of nitrogens with one attached hydrogen (secondary N) is 1. The van der Waals surface area contributed by atoms with E-state index in [1.54, 1.807) is 48.5 Å². The second kappa shape index (κ2) is 6.57. The monoisotopic (exact) mass is 333 g/mol. The minimum Gasteiger partial charge on any atom is -0.324 e. The molecule has 124 valence electrons. The van der Waals surface area contributed by atoms with Crippen molar-refractivity contribution in [1.29, 1.82) is 5.26 Å². The van der Waals surface area contributed by atoms with Gasteiger partial charge in [0, 0.05) is 5.69 Å². The molecule has 0 saturated carbocycles. The van der Waals surface area contributed by atoms with Crippen LogP contribution in [0.25, 0.3) is 0 Å². The van der Waals surface area contributed by atoms with E-state index in [2.05, 4.69) is 5.32 Å². The van der Waals surface area contributed by atoms with Crippen molar-refractivity contribution in [2.45, 2.75) is 19.4 Å². The van der Waals surface area contributed by atoms with Crippen molar-refractivity contribution in [3.05, 3.63) is 65.2 Å². The average molecular weight is 333 g/mol. The normalized spacial score (nSPS) is 14.0. The number of carbonyl (C=O) groups excluding carboxylic acids is 3. The van der Waals surface area contributed by atoms with Crippen molar-refractivity contribution in [3.63, 3.8) is 0 Å². The van der Waals surface area contributed by atoms with Gasteiger partial charge in [-0.1, -0.05) is 24.3 Å². The highest BCUT2D eigenvalue weighted by Crippen LogP contribution is 2.25. The van der Waals surface area contributed by atoms with Crippen LogP contribution < -0.4 is 5.32 Å². The van der Waals surface area contributed by atoms with Crippen LogP contribution in [0.5, 0.6) is 0 Å². The smallest absolute Gasteiger partial charge is 0.262 e. The second-order valence-electron chi connectivity index (χ2n) is 5.72. The van der Waals surface area contributed by atoms with Crippen LogP contribution in [0.4, 0.5) is 5.69 Å². The molecular weight excluding hydrogens is 318 g/mol. The first-order valence-corrected chi connectivity index (χ1v) is 7.76. The van der Waals surface area contributed by atoms with E-state index >= 15 is 0 Å². The van der Waals surface area contributed by atoms with Crippen LogP contribution in [0.15, 0.2) is 48.5 Å². The van der Waals surface area contributed by atoms with Crippen molar-refractivity contribution in [2.24, 2.45) is 0 Å². The first kappa shape index (κ1) is 16.4. The summed E-state index contributed by atoms with van der Waals surface area (Å²) < 4.78 is 0. The van der Waals surface area contributed by atoms with Gasteiger partial charge in [0.15, 0.2) is 0 Å². The largest absolute Gasteiger partial charge is 0.324 e. The number of rotatable bonds is 4. The molecule has 0 aliphatic carbocycles. The Morgan fingerprint density at radius 2 is 1.64 bits per heavy atom. The van der Waals surface area contributed by atoms with Crippen LogP contribution in [0, 0.1) is 11.3 Å². The van der Waals surface area contributed by atoms with E-state index in [-0.39, 0.29) is 0 Å². The van der Waals surface area contributed by atoms with Gasteiger partial charge in [0.25, 0.3) is 11.8 Å². The van der Waals surface area contributed by atoms with Gasteiger partial charge >= 0.3 is 0 Å². The number of nitrogens with zero attached hydrogens (tertiary/aromatic N) is 2. The molecule has 2 aromatic rings. The zero-order valence-electron chi connectivity index (χ0n) is 13.5. The van der Waals surface area contributed by atoms with Gasteiger partial charge in [-0.15, -0.1) is 0 Å². The fourth-order valence-corrected chi connectivity index (χ4v) is 2.72. The summed E-state index contributed by atoms with van der Waals surface area (Å²) in [5.74, 6) is -1.39. The molecule has 2 aromatic carbocycles. The molecule has 6 heteroatoms. The van der Waals surface area contributed by atoms with E-state index in [0.717, 1.165) is 10.5 Å². The molecule has 1 atom stereocenters. The quantitative estimate of drug-likeness (QED) is 0.870. The van der Waals surface area contributed by atoms with E-state index in [1.165, 1.54) is 6.92 Å². The highest BCUT2D eigenvalue weighted by atomic mass is 16.2. The lowest BCUT2D eigenvalue weighted by Crippen LogP contribution is -2.45. The summed E-state index contributed by atoms with van der Waals surface area (Å²) in [5.41, 5.74) is 2.00. The highest BCUT2D eigenvalue weighted by molar-refractivity contribution is 6.23. The Morgan fingerprint density at radius 3 is 2.16 bits per heavy atom. The Kier molecular flexibility index (Phi) is 4.31. The molecule has 1 heterocycles. The van der Waals surface area contributed by atoms with E-state index in [0.29, 0.717) is 23.2 Å². The summed E-state index contributed by atoms with van der Waals surface area (Å²) in [5, 5.41) is 11.4. The fourth-order valence-electron chi connectivity index (χ4n) is 2.72. The third kappa shape index (κ3) is 3.00. The molecule has 3 amide bonds. The number of benzene rings is 2. The fraction of sp³-hybridized carbons (Fsp3) is 0.158. The molecule has 0 fully saturated rings. The molecule has 0 aromatic heterocycles. The average Bonchev–Trinajstić information content (AvgIpc) is 2.87. The zero-order chi connectivity index (χ0) is 18.0. The van der Waals surface area contributed by atoms with Gasteiger partial charge in [-0.25, -0.2) is 0 Å². The van der Waals surface area contributed by atoms with E-state index in [1.807, 2.05) is 6.07 Å². The molecule has 0 radical (unpaired) electrons. The van der Waals surface area contributed by atoms with Gasteiger partial charge in [0.1, 0.15) is 6.04 Å². The van der Waals surface area contributed by atoms with Crippen molar-refractivity contribution in [2.75, 3.05) is 5.32 Å². The predicted octanol–water partition coefficient (Wildman–Crippen LogP) is 2.38. The lowest BCUT2D eigenvalue weighted by molar-refractivity contribution is -0.119. The molecule has 25 heavy (non-hydrogen) atoms. The minimum absolute atomic E-state index is 0.291. The SMILES string of the molecule is CC(C(=O)Nc1ccc(CC#N)cc1)N1C(=O)c2ccccc2C1=O. The topological polar surface area (TPSA) is 90.3 Å². The Morgan fingerprint density at radius 1 is 1.08 bits per heavy atom. The predicted molar refractivity (Wildman–Crippen MR) is 90.8 cm³/mol. The van der Waals surface area contributed by atoms with Gasteiger partial charge in [-0.05, 0) is 36.8 Å². The van der Waals surface area contributed by atoms with E-state index in [4.69, 9.17) is 5.26 Å². The zero-order valence-corrected chi connectivity index (χ0v) is 13.5. The Labute approximate surface area is 144 Å². The minimum atomic E-state index is -0.939. The summed E-state index contributed by atoms with van der Waals surface area (Å²) in [6, 6.07) is 14.5. The van der Waals surface area contributed by atoms with Crippen molar-refractivity contribution < 1.29 is 14.4 Å². The number of carbonyl (C=O) groups is 3. The summed E-state index contributed by atoms with van der Waals surface area (Å²) in [7, 11) is 0. The highest BCUT2D eigenvalue weighted by Gasteiger charge is 2.40. The number of nitriles is 1. The van der Waals surface area contributed by atoms with Crippen LogP contribution in [-0.4, -0.2) is 28.7 Å². The van der Waals surface area contributed by atoms with E-state index < -0.39 is 23.8 Å². The summed E-state index contributed by atoms with van der Waals surface area (Å²) in [6.07, 6.45) is 0.291. The number of amides is 3. The van der Waals surface area contributed by atoms with Gasteiger partial charge in [-0.3, -0.25) is 19.3 Å². The van der Waals surface area contributed by atoms with Gasteiger partial charge in [-0.2, -0.15) is 5.26 Å². The summed E-state index contributed by atoms with van der Waals surface area (Å²) in [6.45, 7) is 1.51. The number of hydrogen-bond acceptors (Lipinski definition) is 4. The van der Waals surface area contributed by atoms with Gasteiger partial charge in [0.2, 0.25) is 5.91 Å². The standard InChI is InChI=1S/C19H15N3O3/c1-12(17(23)21-14-8-6-13(7-9-14)10-11-20)22-18(24)15-4-2-3-5-16(15)19(22)25/h2-9,12H,10H2,1H3,(H,21,23). The van der Waals surface area contributed by atoms with Crippen LogP contribution in [-0.2, 0) is 11.2 Å². The van der Waals surface area contributed by atoms with E-state index in [9.17, 15) is 14.4 Å². The maximum atomic E-state index is 12.4. The molecule has 1 aliphatic heterocycles. The lowest BCUT2D eigenvalue weighted by atomic mass is 10.1. The summed E-state index contributed by atoms with van der Waals surface area (Å²) >= 11 is 0. The first-order valence-electron chi connectivity index (χ1n) is 7.76. The Hall–Kier alpha value is -3.46. The van der Waals surface area contributed by atoms with Crippen molar-refractivity contribution in [1.82, 2.24) is 4.90 Å². The van der Waals surface area contributed by atoms with Gasteiger partial charge in [0.05, 0.1) is 23.6 Å². The molecular formula is C19H15N3O3. The molecule has 0 saturated heterocycles. The molecule has 1 unspecified atom stereocenters. The summed E-state index contributed by atoms with van der Waals surface area (Å²) in [4.78, 5) is 38.3.